The van der Waals surface area contributed by atoms with E-state index in [0.717, 1.165) is 16.9 Å². The van der Waals surface area contributed by atoms with Crippen molar-refractivity contribution >= 4 is 11.8 Å². The Morgan fingerprint density at radius 3 is 2.38 bits per heavy atom. The van der Waals surface area contributed by atoms with Gasteiger partial charge >= 0.3 is 0 Å². The number of likely N-dealkylation sites (N-methyl/N-ethyl adjacent to an activating group) is 1. The van der Waals surface area contributed by atoms with Gasteiger partial charge in [-0.15, -0.1) is 0 Å². The van der Waals surface area contributed by atoms with Crippen molar-refractivity contribution < 1.29 is 19.1 Å². The van der Waals surface area contributed by atoms with Crippen molar-refractivity contribution in [3.63, 3.8) is 0 Å². The predicted octanol–water partition coefficient (Wildman–Crippen LogP) is 3.33. The van der Waals surface area contributed by atoms with Crippen LogP contribution in [0.1, 0.15) is 31.4 Å². The Bertz CT molecular complexity index is 805. The number of ether oxygens (including phenoxy) is 2. The zero-order valence-electron chi connectivity index (χ0n) is 17.6. The van der Waals surface area contributed by atoms with E-state index in [1.807, 2.05) is 69.3 Å². The molecule has 2 amide bonds. The first-order chi connectivity index (χ1) is 14.0. The zero-order valence-corrected chi connectivity index (χ0v) is 17.6. The average molecular weight is 399 g/mol. The third kappa shape index (κ3) is 6.52. The van der Waals surface area contributed by atoms with Crippen LogP contribution in [0.5, 0.6) is 11.5 Å². The van der Waals surface area contributed by atoms with E-state index in [0.29, 0.717) is 25.3 Å². The maximum Gasteiger partial charge on any atom is 0.261 e. The highest BCUT2D eigenvalue weighted by atomic mass is 16.5. The van der Waals surface area contributed by atoms with Crippen LogP contribution in [-0.4, -0.2) is 43.0 Å². The number of nitrogens with zero attached hydrogens (tertiary/aromatic N) is 1. The molecule has 2 aromatic rings. The molecule has 0 spiro atoms. The fourth-order valence-corrected chi connectivity index (χ4v) is 3.07. The lowest BCUT2D eigenvalue weighted by Crippen LogP contribution is -2.50. The fourth-order valence-electron chi connectivity index (χ4n) is 3.07. The minimum atomic E-state index is -0.564. The SMILES string of the molecule is CCNC(=O)[C@@H](CC)N(Cc1ccc(OC)cc1)C(=O)COc1cccc(C)c1. The van der Waals surface area contributed by atoms with Crippen LogP contribution in [0, 0.1) is 6.92 Å². The summed E-state index contributed by atoms with van der Waals surface area (Å²) in [6.07, 6.45) is 0.512. The summed E-state index contributed by atoms with van der Waals surface area (Å²) in [5, 5.41) is 2.82. The summed E-state index contributed by atoms with van der Waals surface area (Å²) in [5.41, 5.74) is 1.97. The normalized spacial score (nSPS) is 11.4. The lowest BCUT2D eigenvalue weighted by molar-refractivity contribution is -0.142. The monoisotopic (exact) mass is 398 g/mol. The number of carbonyl (C=O) groups excluding carboxylic acids is 2. The number of amides is 2. The van der Waals surface area contributed by atoms with Gasteiger partial charge in [-0.1, -0.05) is 31.2 Å². The largest absolute Gasteiger partial charge is 0.497 e. The van der Waals surface area contributed by atoms with Gasteiger partial charge < -0.3 is 19.7 Å². The van der Waals surface area contributed by atoms with Crippen LogP contribution < -0.4 is 14.8 Å². The van der Waals surface area contributed by atoms with Gasteiger partial charge in [-0.05, 0) is 55.7 Å². The van der Waals surface area contributed by atoms with Crippen molar-refractivity contribution in [1.82, 2.24) is 10.2 Å². The summed E-state index contributed by atoms with van der Waals surface area (Å²) in [7, 11) is 1.61. The van der Waals surface area contributed by atoms with E-state index >= 15 is 0 Å². The molecule has 1 N–H and O–H groups in total. The minimum absolute atomic E-state index is 0.129. The van der Waals surface area contributed by atoms with Crippen molar-refractivity contribution in [2.45, 2.75) is 39.8 Å². The zero-order chi connectivity index (χ0) is 21.2. The Labute approximate surface area is 172 Å². The molecular formula is C23H30N2O4. The molecular weight excluding hydrogens is 368 g/mol. The number of methoxy groups -OCH3 is 1. The van der Waals surface area contributed by atoms with Gasteiger partial charge in [0.25, 0.3) is 5.91 Å². The van der Waals surface area contributed by atoms with Gasteiger partial charge in [-0.2, -0.15) is 0 Å². The van der Waals surface area contributed by atoms with E-state index in [-0.39, 0.29) is 18.4 Å². The number of hydrogen-bond acceptors (Lipinski definition) is 4. The van der Waals surface area contributed by atoms with Crippen molar-refractivity contribution in [3.05, 3.63) is 59.7 Å². The highest BCUT2D eigenvalue weighted by molar-refractivity contribution is 5.88. The van der Waals surface area contributed by atoms with E-state index in [9.17, 15) is 9.59 Å². The highest BCUT2D eigenvalue weighted by Gasteiger charge is 2.28. The molecule has 0 aliphatic rings. The van der Waals surface area contributed by atoms with Gasteiger partial charge in [-0.25, -0.2) is 0 Å². The second-order valence-electron chi connectivity index (χ2n) is 6.79. The molecule has 2 aromatic carbocycles. The first-order valence-electron chi connectivity index (χ1n) is 9.88. The topological polar surface area (TPSA) is 67.9 Å². The molecule has 0 aliphatic carbocycles. The van der Waals surface area contributed by atoms with E-state index in [1.54, 1.807) is 12.0 Å². The van der Waals surface area contributed by atoms with E-state index in [2.05, 4.69) is 5.32 Å². The average Bonchev–Trinajstić information content (AvgIpc) is 2.72. The Morgan fingerprint density at radius 2 is 1.79 bits per heavy atom. The number of nitrogens with one attached hydrogen (secondary N) is 1. The van der Waals surface area contributed by atoms with Crippen molar-refractivity contribution in [1.29, 1.82) is 0 Å². The molecule has 1 atom stereocenters. The van der Waals surface area contributed by atoms with E-state index < -0.39 is 6.04 Å². The summed E-state index contributed by atoms with van der Waals surface area (Å²) >= 11 is 0. The molecule has 0 unspecified atom stereocenters. The van der Waals surface area contributed by atoms with Gasteiger partial charge in [0.1, 0.15) is 17.5 Å². The van der Waals surface area contributed by atoms with Crippen LogP contribution in [0.2, 0.25) is 0 Å². The first-order valence-corrected chi connectivity index (χ1v) is 9.88. The maximum absolute atomic E-state index is 13.0. The quantitative estimate of drug-likeness (QED) is 0.667. The van der Waals surface area contributed by atoms with Crippen molar-refractivity contribution in [2.75, 3.05) is 20.3 Å². The van der Waals surface area contributed by atoms with Gasteiger partial charge in [0.15, 0.2) is 6.61 Å². The number of aryl methyl sites for hydroxylation is 1. The molecule has 156 valence electrons. The van der Waals surface area contributed by atoms with Crippen molar-refractivity contribution in [3.8, 4) is 11.5 Å². The van der Waals surface area contributed by atoms with Gasteiger partial charge in [0, 0.05) is 13.1 Å². The molecule has 0 aliphatic heterocycles. The predicted molar refractivity (Wildman–Crippen MR) is 113 cm³/mol. The second-order valence-corrected chi connectivity index (χ2v) is 6.79. The molecule has 0 fully saturated rings. The maximum atomic E-state index is 13.0. The van der Waals surface area contributed by atoms with E-state index in [1.165, 1.54) is 0 Å². The minimum Gasteiger partial charge on any atom is -0.497 e. The van der Waals surface area contributed by atoms with Crippen LogP contribution in [0.3, 0.4) is 0 Å². The van der Waals surface area contributed by atoms with Gasteiger partial charge in [-0.3, -0.25) is 9.59 Å². The lowest BCUT2D eigenvalue weighted by atomic mass is 10.1. The molecule has 6 nitrogen and oxygen atoms in total. The van der Waals surface area contributed by atoms with Gasteiger partial charge in [0.2, 0.25) is 5.91 Å². The smallest absolute Gasteiger partial charge is 0.261 e. The molecule has 0 heterocycles. The summed E-state index contributed by atoms with van der Waals surface area (Å²) in [4.78, 5) is 27.2. The Kier molecular flexibility index (Phi) is 8.52. The summed E-state index contributed by atoms with van der Waals surface area (Å²) in [6.45, 7) is 6.43. The molecule has 0 saturated heterocycles. The Balaban J connectivity index is 2.18. The number of benzene rings is 2. The van der Waals surface area contributed by atoms with Crippen LogP contribution in [-0.2, 0) is 16.1 Å². The first kappa shape index (κ1) is 22.3. The number of hydrogen-bond donors (Lipinski definition) is 1. The molecule has 0 radical (unpaired) electrons. The van der Waals surface area contributed by atoms with Crippen LogP contribution >= 0.6 is 0 Å². The third-order valence-corrected chi connectivity index (χ3v) is 4.60. The Morgan fingerprint density at radius 1 is 1.07 bits per heavy atom. The van der Waals surface area contributed by atoms with Crippen molar-refractivity contribution in [2.24, 2.45) is 0 Å². The van der Waals surface area contributed by atoms with Crippen LogP contribution in [0.15, 0.2) is 48.5 Å². The molecule has 2 rings (SSSR count). The Hall–Kier alpha value is -3.02. The molecule has 0 aromatic heterocycles. The highest BCUT2D eigenvalue weighted by Crippen LogP contribution is 2.17. The third-order valence-electron chi connectivity index (χ3n) is 4.60. The summed E-state index contributed by atoms with van der Waals surface area (Å²) in [6, 6.07) is 14.4. The second kappa shape index (κ2) is 11.1. The van der Waals surface area contributed by atoms with Gasteiger partial charge in [0.05, 0.1) is 7.11 Å². The molecule has 0 bridgehead atoms. The fraction of sp³-hybridized carbons (Fsp3) is 0.391. The summed E-state index contributed by atoms with van der Waals surface area (Å²) in [5.74, 6) is 0.979. The number of carbonyl (C=O) groups is 2. The lowest BCUT2D eigenvalue weighted by Gasteiger charge is -2.30. The summed E-state index contributed by atoms with van der Waals surface area (Å²) < 4.78 is 10.9. The standard InChI is InChI=1S/C23H30N2O4/c1-5-21(23(27)24-6-2)25(15-18-10-12-19(28-4)13-11-18)22(26)16-29-20-9-7-8-17(3)14-20/h7-14,21H,5-6,15-16H2,1-4H3,(H,24,27)/t21-/m1/s1. The van der Waals surface area contributed by atoms with Crippen LogP contribution in [0.4, 0.5) is 0 Å². The molecule has 29 heavy (non-hydrogen) atoms. The van der Waals surface area contributed by atoms with Crippen LogP contribution in [0.25, 0.3) is 0 Å². The number of rotatable bonds is 10. The van der Waals surface area contributed by atoms with E-state index in [4.69, 9.17) is 9.47 Å². The molecule has 6 heteroatoms. The molecule has 0 saturated carbocycles.